The number of carbonyl (C=O) groups excluding carboxylic acids is 8. The van der Waals surface area contributed by atoms with Crippen molar-refractivity contribution in [3.8, 4) is 115 Å². The standard InChI is InChI=1S/C106H76O28.8K/c107-65-127-87-19-3-73(4-20-87)53-115-99-39-83(40-100(49-99)116-54-74-5-21-88(22-6-74)128-66-108)61-123-95-35-81(36-96(47-95)124-62-84-41-101(117-55-75-7-23-89(24-8-75)129-67-109)50-102(42-84)118-56-76-9-25-90(26-10-76)130-68-110)1-2-82-37-97(125-63-85-43-103(119-57-77-11-27-91(28-12-77)131-69-111)51-104(44-85)120-58-78-13-29-92(30-14-78)132-70-112)48-98(38-82)126-64-86-45-105(121-59-79-15-31-93(32-16-79)133-71-113)52-106(46-86)122-60-80-17-33-94(34-18-80)134-72-114;;;;;;;;/h1-52H,53-64H2;;;;;;;;/q-8;8*+1/b2-1+;;;;;;;;. The smallest absolute Gasteiger partial charge is 0.610 e. The fourth-order valence-corrected chi connectivity index (χ4v) is 13.0. The van der Waals surface area contributed by atoms with E-state index < -0.39 is 0 Å². The molecule has 0 amide bonds. The van der Waals surface area contributed by atoms with E-state index in [1.165, 1.54) is 51.8 Å². The van der Waals surface area contributed by atoms with E-state index >= 15 is 0 Å². The van der Waals surface area contributed by atoms with E-state index in [4.69, 9.17) is 94.7 Å². The first-order chi connectivity index (χ1) is 65.8. The van der Waals surface area contributed by atoms with Crippen molar-refractivity contribution >= 4 is 63.9 Å². The SMILES string of the molecule is O=[C-]Oc1ccc(COc2cc(COc3cc(/C=C/c4cc(OCc5cc(OCc6ccc(O[C-]=O)cc6)cc(OCc6ccc(O[C-]=O)cc6)c5)cc(OCc5cc(OCc6ccc(O[C-]=O)cc6)cc(OCc6ccc(O[C-]=O)cc6)c5)c4)cc(OCc4cc(OCc5ccc(O[C-]=O)cc5)cc(OCc5ccc(O[C-]=O)cc5)c4)c3)cc(OCc3ccc(O[C-]=O)cc3)c2)cc1.[K+].[K+].[K+].[K+].[K+].[K+].[K+].[K+]. The molecule has 0 N–H and O–H groups in total. The molecule has 0 aromatic heterocycles. The molecule has 14 rings (SSSR count). The fourth-order valence-electron chi connectivity index (χ4n) is 13.0. The molecule has 0 aliphatic carbocycles. The maximum absolute atomic E-state index is 11.0. The zero-order chi connectivity index (χ0) is 92.7. The van der Waals surface area contributed by atoms with Gasteiger partial charge < -0.3 is 133 Å². The van der Waals surface area contributed by atoms with Crippen molar-refractivity contribution < 1.29 is 544 Å². The molecule has 36 heteroatoms. The van der Waals surface area contributed by atoms with Crippen LogP contribution >= 0.6 is 0 Å². The van der Waals surface area contributed by atoms with Gasteiger partial charge in [0.25, 0.3) is 0 Å². The molecule has 0 bridgehead atoms. The number of rotatable bonds is 54. The Kier molecular flexibility index (Phi) is 61.7. The minimum atomic E-state index is -0.0406. The number of benzene rings is 14. The van der Waals surface area contributed by atoms with Crippen molar-refractivity contribution in [2.24, 2.45) is 0 Å². The van der Waals surface area contributed by atoms with E-state index in [0.717, 1.165) is 44.5 Å². The zero-order valence-electron chi connectivity index (χ0n) is 78.9. The second kappa shape index (κ2) is 69.6. The van der Waals surface area contributed by atoms with Crippen LogP contribution in [-0.2, 0) is 118 Å². The van der Waals surface area contributed by atoms with Gasteiger partial charge in [-0.15, -0.1) is 97.1 Å². The van der Waals surface area contributed by atoms with Crippen LogP contribution in [-0.4, -0.2) is 51.8 Å². The summed E-state index contributed by atoms with van der Waals surface area (Å²) < 4.78 is 117. The molecule has 0 aliphatic rings. The zero-order valence-corrected chi connectivity index (χ0v) is 104. The van der Waals surface area contributed by atoms with Gasteiger partial charge in [0.2, 0.25) is 0 Å². The predicted molar refractivity (Wildman–Crippen MR) is 482 cm³/mol. The van der Waals surface area contributed by atoms with Crippen LogP contribution in [0, 0.1) is 0 Å². The van der Waals surface area contributed by atoms with Gasteiger partial charge in [0.05, 0.1) is 0 Å². The summed E-state index contributed by atoms with van der Waals surface area (Å²) in [6.45, 7) is 12.2. The van der Waals surface area contributed by atoms with E-state index in [1.54, 1.807) is 231 Å². The maximum Gasteiger partial charge on any atom is 1.00 e. The molecule has 0 spiro atoms. The average Bonchev–Trinajstić information content (AvgIpc) is 0.835. The largest absolute Gasteiger partial charge is 1.00 e. The summed E-state index contributed by atoms with van der Waals surface area (Å²) in [6, 6.07) is 86.3. The van der Waals surface area contributed by atoms with Crippen molar-refractivity contribution in [3.63, 3.8) is 0 Å². The molecule has 0 atom stereocenters. The average molecular weight is 2110 g/mol. The van der Waals surface area contributed by atoms with Gasteiger partial charge >= 0.3 is 411 Å². The molecule has 0 fully saturated rings. The first-order valence-electron chi connectivity index (χ1n) is 40.9. The molecule has 14 aromatic carbocycles. The summed E-state index contributed by atoms with van der Waals surface area (Å²) in [5, 5.41) is 0. The molecule has 28 nitrogen and oxygen atoms in total. The summed E-state index contributed by atoms with van der Waals surface area (Å²) in [4.78, 5) is 88.0. The van der Waals surface area contributed by atoms with Crippen LogP contribution in [0.1, 0.15) is 77.9 Å². The van der Waals surface area contributed by atoms with Crippen molar-refractivity contribution in [1.82, 2.24) is 0 Å². The minimum absolute atomic E-state index is 0. The molecule has 14 aromatic rings. The molecule has 0 saturated carbocycles. The minimum Gasteiger partial charge on any atom is -0.610 e. The second-order valence-corrected chi connectivity index (χ2v) is 29.2. The summed E-state index contributed by atoms with van der Waals surface area (Å²) >= 11 is 0. The quantitative estimate of drug-likeness (QED) is 0.0195. The Balaban J connectivity index is 0.00000386. The molecule has 0 saturated heterocycles. The van der Waals surface area contributed by atoms with Crippen LogP contribution in [0.4, 0.5) is 0 Å². The summed E-state index contributed by atoms with van der Waals surface area (Å²) in [5.74, 6) is 7.28. The predicted octanol–water partition coefficient (Wildman–Crippen LogP) is -5.60. The Morgan fingerprint density at radius 1 is 0.134 bits per heavy atom. The van der Waals surface area contributed by atoms with Crippen molar-refractivity contribution in [1.29, 1.82) is 0 Å². The number of ether oxygens (including phenoxy) is 20. The second-order valence-electron chi connectivity index (χ2n) is 29.2. The first kappa shape index (κ1) is 126. The molecular formula is C106H76K8O28. The third kappa shape index (κ3) is 43.7. The molecule has 0 heterocycles. The molecular weight excluding hydrogens is 2030 g/mol. The fraction of sp³-hybridized carbons (Fsp3) is 0.113. The van der Waals surface area contributed by atoms with Crippen molar-refractivity contribution in [3.05, 3.63) is 381 Å². The van der Waals surface area contributed by atoms with E-state index in [2.05, 4.69) is 0 Å². The van der Waals surface area contributed by atoms with Gasteiger partial charge in [-0.25, -0.2) is 0 Å². The Morgan fingerprint density at radius 3 is 0.352 bits per heavy atom. The van der Waals surface area contributed by atoms with Crippen LogP contribution in [0.3, 0.4) is 0 Å². The summed E-state index contributed by atoms with van der Waals surface area (Å²) in [7, 11) is 0. The molecule has 676 valence electrons. The number of hydrogen-bond donors (Lipinski definition) is 0. The van der Waals surface area contributed by atoms with Crippen molar-refractivity contribution in [2.75, 3.05) is 0 Å². The van der Waals surface area contributed by atoms with Crippen LogP contribution in [0.15, 0.2) is 303 Å². The van der Waals surface area contributed by atoms with Gasteiger partial charge in [0, 0.05) is 36.4 Å². The normalized spacial score (nSPS) is 10.1. The summed E-state index contributed by atoms with van der Waals surface area (Å²) in [6.07, 6.45) is 3.72. The van der Waals surface area contributed by atoms with Crippen molar-refractivity contribution in [2.45, 2.75) is 79.3 Å². The topological polar surface area (TPSA) is 321 Å². The van der Waals surface area contributed by atoms with Gasteiger partial charge in [0.15, 0.2) is 51.8 Å². The Labute approximate surface area is 1160 Å². The van der Waals surface area contributed by atoms with E-state index in [1.807, 2.05) is 84.9 Å². The van der Waals surface area contributed by atoms with Gasteiger partial charge in [0.1, 0.15) is 148 Å². The van der Waals surface area contributed by atoms with Crippen LogP contribution < -0.4 is 506 Å². The Morgan fingerprint density at radius 2 is 0.239 bits per heavy atom. The third-order valence-electron chi connectivity index (χ3n) is 19.6. The monoisotopic (exact) mass is 2110 g/mol. The van der Waals surface area contributed by atoms with Gasteiger partial charge in [-0.1, -0.05) is 109 Å². The molecule has 0 radical (unpaired) electrons. The molecule has 0 aliphatic heterocycles. The number of hydrogen-bond acceptors (Lipinski definition) is 28. The Hall–Kier alpha value is -4.73. The van der Waals surface area contributed by atoms with E-state index in [9.17, 15) is 38.4 Å². The van der Waals surface area contributed by atoms with Crippen LogP contribution in [0.25, 0.3) is 12.2 Å². The maximum atomic E-state index is 11.0. The van der Waals surface area contributed by atoms with Gasteiger partial charge in [-0.2, -0.15) is 0 Å². The molecule has 0 unspecified atom stereocenters. The first-order valence-corrected chi connectivity index (χ1v) is 40.9. The summed E-state index contributed by atoms with van der Waals surface area (Å²) in [5.41, 5.74) is 9.80. The Bertz CT molecular complexity index is 5280. The van der Waals surface area contributed by atoms with E-state index in [-0.39, 0.29) is 490 Å². The van der Waals surface area contributed by atoms with E-state index in [0.29, 0.717) is 148 Å². The third-order valence-corrected chi connectivity index (χ3v) is 19.6. The van der Waals surface area contributed by atoms with Crippen LogP contribution in [0.2, 0.25) is 0 Å². The molecule has 142 heavy (non-hydrogen) atoms. The van der Waals surface area contributed by atoms with Gasteiger partial charge in [-0.05, 0) is 197 Å². The van der Waals surface area contributed by atoms with Crippen LogP contribution in [0.5, 0.6) is 115 Å². The van der Waals surface area contributed by atoms with Gasteiger partial charge in [-0.3, -0.25) is 0 Å².